The van der Waals surface area contributed by atoms with Crippen LogP contribution in [0, 0.1) is 6.92 Å². The normalized spacial score (nSPS) is 11.4. The summed E-state index contributed by atoms with van der Waals surface area (Å²) in [5, 5.41) is 1.96. The third-order valence-corrected chi connectivity index (χ3v) is 6.54. The first kappa shape index (κ1) is 19.9. The van der Waals surface area contributed by atoms with Crippen molar-refractivity contribution in [2.24, 2.45) is 0 Å². The van der Waals surface area contributed by atoms with Crippen LogP contribution in [0.1, 0.15) is 12.5 Å². The molecule has 0 fully saturated rings. The second-order valence-electron chi connectivity index (χ2n) is 7.19. The van der Waals surface area contributed by atoms with Gasteiger partial charge in [-0.1, -0.05) is 78.9 Å². The van der Waals surface area contributed by atoms with Gasteiger partial charge in [0.25, 0.3) is 10.0 Å². The largest absolute Gasteiger partial charge is 0.274 e. The Balaban J connectivity index is 2.16. The molecule has 150 valence electrons. The minimum absolute atomic E-state index is 0.0820. The van der Waals surface area contributed by atoms with Crippen LogP contribution in [0.4, 0.5) is 0 Å². The monoisotopic (exact) mass is 415 g/mol. The van der Waals surface area contributed by atoms with Gasteiger partial charge in [-0.05, 0) is 46.0 Å². The van der Waals surface area contributed by atoms with Crippen LogP contribution < -0.4 is 4.72 Å². The van der Waals surface area contributed by atoms with Crippen LogP contribution in [0.15, 0.2) is 89.8 Å². The van der Waals surface area contributed by atoms with E-state index in [1.807, 2.05) is 79.7 Å². The van der Waals surface area contributed by atoms with Crippen molar-refractivity contribution >= 4 is 26.7 Å². The standard InChI is InChI=1S/C25H21NO3S/c1-17-15-16-23(30(28,29)26-18(2)27)25(24(17)20-10-4-3-5-11-20)22-14-8-12-19-9-6-7-13-21(19)22/h3-16H,1-2H3,(H,26,27). The van der Waals surface area contributed by atoms with Crippen LogP contribution in [0.2, 0.25) is 0 Å². The first-order valence-electron chi connectivity index (χ1n) is 9.59. The molecule has 0 saturated heterocycles. The zero-order chi connectivity index (χ0) is 21.3. The molecule has 4 aromatic rings. The molecule has 0 aliphatic heterocycles. The van der Waals surface area contributed by atoms with Crippen LogP contribution in [-0.4, -0.2) is 14.3 Å². The number of rotatable bonds is 4. The minimum atomic E-state index is -4.05. The van der Waals surface area contributed by atoms with Crippen molar-refractivity contribution in [3.63, 3.8) is 0 Å². The highest BCUT2D eigenvalue weighted by atomic mass is 32.2. The number of amides is 1. The Bertz CT molecular complexity index is 1350. The maximum Gasteiger partial charge on any atom is 0.264 e. The molecular formula is C25H21NO3S. The molecular weight excluding hydrogens is 394 g/mol. The number of carbonyl (C=O) groups excluding carboxylic acids is 1. The zero-order valence-electron chi connectivity index (χ0n) is 16.7. The minimum Gasteiger partial charge on any atom is -0.274 e. The van der Waals surface area contributed by atoms with Gasteiger partial charge in [0.05, 0.1) is 4.90 Å². The van der Waals surface area contributed by atoms with E-state index >= 15 is 0 Å². The van der Waals surface area contributed by atoms with Gasteiger partial charge in [-0.25, -0.2) is 13.1 Å². The summed E-state index contributed by atoms with van der Waals surface area (Å²) < 4.78 is 28.4. The highest BCUT2D eigenvalue weighted by Gasteiger charge is 2.25. The predicted octanol–water partition coefficient (Wildman–Crippen LogP) is 5.31. The number of sulfonamides is 1. The second kappa shape index (κ2) is 7.76. The smallest absolute Gasteiger partial charge is 0.264 e. The van der Waals surface area contributed by atoms with E-state index in [9.17, 15) is 13.2 Å². The van der Waals surface area contributed by atoms with Crippen molar-refractivity contribution in [2.45, 2.75) is 18.7 Å². The van der Waals surface area contributed by atoms with E-state index in [2.05, 4.69) is 4.72 Å². The lowest BCUT2D eigenvalue weighted by atomic mass is 9.88. The molecule has 0 bridgehead atoms. The average Bonchev–Trinajstić information content (AvgIpc) is 2.72. The van der Waals surface area contributed by atoms with E-state index in [0.717, 1.165) is 33.0 Å². The average molecular weight is 416 g/mol. The fourth-order valence-electron chi connectivity index (χ4n) is 3.84. The molecule has 0 unspecified atom stereocenters. The zero-order valence-corrected chi connectivity index (χ0v) is 17.5. The number of aryl methyl sites for hydroxylation is 1. The van der Waals surface area contributed by atoms with Gasteiger partial charge in [0, 0.05) is 12.5 Å². The number of hydrogen-bond acceptors (Lipinski definition) is 3. The molecule has 4 rings (SSSR count). The molecule has 1 amide bonds. The summed E-state index contributed by atoms with van der Waals surface area (Å²) >= 11 is 0. The number of hydrogen-bond donors (Lipinski definition) is 1. The Morgan fingerprint density at radius 1 is 0.767 bits per heavy atom. The van der Waals surface area contributed by atoms with Gasteiger partial charge in [-0.15, -0.1) is 0 Å². The van der Waals surface area contributed by atoms with E-state index in [-0.39, 0.29) is 4.90 Å². The van der Waals surface area contributed by atoms with Crippen molar-refractivity contribution in [3.05, 3.63) is 90.5 Å². The fourth-order valence-corrected chi connectivity index (χ4v) is 5.06. The van der Waals surface area contributed by atoms with Crippen molar-refractivity contribution in [1.82, 2.24) is 4.72 Å². The molecule has 0 spiro atoms. The molecule has 4 nitrogen and oxygen atoms in total. The first-order chi connectivity index (χ1) is 14.4. The fraction of sp³-hybridized carbons (Fsp3) is 0.0800. The molecule has 0 aliphatic carbocycles. The van der Waals surface area contributed by atoms with Gasteiger partial charge < -0.3 is 0 Å². The maximum atomic E-state index is 13.1. The number of fused-ring (bicyclic) bond motifs is 1. The van der Waals surface area contributed by atoms with Gasteiger partial charge in [0.1, 0.15) is 0 Å². The third kappa shape index (κ3) is 3.60. The SMILES string of the molecule is CC(=O)NS(=O)(=O)c1ccc(C)c(-c2ccccc2)c1-c1cccc2ccccc12. The Kier molecular flexibility index (Phi) is 5.14. The predicted molar refractivity (Wildman–Crippen MR) is 121 cm³/mol. The van der Waals surface area contributed by atoms with Gasteiger partial charge >= 0.3 is 0 Å². The summed E-state index contributed by atoms with van der Waals surface area (Å²) in [6, 6.07) is 26.8. The third-order valence-electron chi connectivity index (χ3n) is 5.06. The summed E-state index contributed by atoms with van der Waals surface area (Å²) in [6.07, 6.45) is 0. The van der Waals surface area contributed by atoms with Crippen molar-refractivity contribution in [2.75, 3.05) is 0 Å². The molecule has 0 aromatic heterocycles. The van der Waals surface area contributed by atoms with Gasteiger partial charge in [-0.3, -0.25) is 4.79 Å². The Morgan fingerprint density at radius 3 is 2.17 bits per heavy atom. The summed E-state index contributed by atoms with van der Waals surface area (Å²) in [4.78, 5) is 11.7. The van der Waals surface area contributed by atoms with E-state index in [4.69, 9.17) is 0 Å². The second-order valence-corrected chi connectivity index (χ2v) is 8.84. The lowest BCUT2D eigenvalue weighted by Crippen LogP contribution is -2.28. The number of nitrogens with one attached hydrogen (secondary N) is 1. The van der Waals surface area contributed by atoms with Gasteiger partial charge in [0.15, 0.2) is 0 Å². The number of benzene rings is 4. The Morgan fingerprint density at radius 2 is 1.43 bits per heavy atom. The topological polar surface area (TPSA) is 63.2 Å². The van der Waals surface area contributed by atoms with E-state index in [1.165, 1.54) is 6.92 Å². The highest BCUT2D eigenvalue weighted by Crippen LogP contribution is 2.42. The molecule has 0 radical (unpaired) electrons. The molecule has 0 atom stereocenters. The van der Waals surface area contributed by atoms with E-state index < -0.39 is 15.9 Å². The first-order valence-corrected chi connectivity index (χ1v) is 11.1. The molecule has 0 heterocycles. The summed E-state index contributed by atoms with van der Waals surface area (Å²) in [5.74, 6) is -0.624. The van der Waals surface area contributed by atoms with Gasteiger partial charge in [0.2, 0.25) is 5.91 Å². The van der Waals surface area contributed by atoms with Crippen molar-refractivity contribution < 1.29 is 13.2 Å². The highest BCUT2D eigenvalue weighted by molar-refractivity contribution is 7.90. The Hall–Kier alpha value is -3.44. The van der Waals surface area contributed by atoms with Crippen LogP contribution >= 0.6 is 0 Å². The van der Waals surface area contributed by atoms with Crippen molar-refractivity contribution in [1.29, 1.82) is 0 Å². The molecule has 0 aliphatic rings. The lowest BCUT2D eigenvalue weighted by molar-refractivity contribution is -0.117. The van der Waals surface area contributed by atoms with Crippen LogP contribution in [0.25, 0.3) is 33.0 Å². The van der Waals surface area contributed by atoms with E-state index in [1.54, 1.807) is 12.1 Å². The quantitative estimate of drug-likeness (QED) is 0.491. The summed E-state index contributed by atoms with van der Waals surface area (Å²) in [6.45, 7) is 3.16. The number of carbonyl (C=O) groups is 1. The van der Waals surface area contributed by atoms with Gasteiger partial charge in [-0.2, -0.15) is 0 Å². The molecule has 30 heavy (non-hydrogen) atoms. The summed E-state index contributed by atoms with van der Waals surface area (Å²) in [7, 11) is -4.05. The van der Waals surface area contributed by atoms with Crippen LogP contribution in [0.5, 0.6) is 0 Å². The van der Waals surface area contributed by atoms with Crippen LogP contribution in [-0.2, 0) is 14.8 Å². The lowest BCUT2D eigenvalue weighted by Gasteiger charge is -2.19. The van der Waals surface area contributed by atoms with Crippen molar-refractivity contribution in [3.8, 4) is 22.3 Å². The Labute approximate surface area is 176 Å². The maximum absolute atomic E-state index is 13.1. The van der Waals surface area contributed by atoms with Crippen LogP contribution in [0.3, 0.4) is 0 Å². The molecule has 1 N–H and O–H groups in total. The summed E-state index contributed by atoms with van der Waals surface area (Å²) in [5.41, 5.74) is 4.09. The van der Waals surface area contributed by atoms with E-state index in [0.29, 0.717) is 5.56 Å². The molecule has 4 aromatic carbocycles. The molecule has 0 saturated carbocycles. The molecule has 5 heteroatoms.